The standard InChI is InChI=1S/C32H33N5O3/c1-22-4-8-24(9-5-22)32(40)36-20-27-13-12-26(30-33-14-15-34-30)18-28(27)37(29(38)21-36)19-23-6-10-25(11-7-23)31(39)35-16-2-3-17-35/h4-13,18H,2-3,14-17,19-21H2,1H3,(H,33,34). The van der Waals surface area contributed by atoms with Gasteiger partial charge in [-0.15, -0.1) is 0 Å². The van der Waals surface area contributed by atoms with Crippen LogP contribution in [-0.4, -0.2) is 66.1 Å². The number of nitrogens with one attached hydrogen (secondary N) is 1. The van der Waals surface area contributed by atoms with Crippen LogP contribution >= 0.6 is 0 Å². The van der Waals surface area contributed by atoms with Gasteiger partial charge in [-0.2, -0.15) is 0 Å². The Bertz CT molecular complexity index is 1470. The molecule has 40 heavy (non-hydrogen) atoms. The van der Waals surface area contributed by atoms with Gasteiger partial charge in [0.05, 0.1) is 13.1 Å². The topological polar surface area (TPSA) is 85.3 Å². The monoisotopic (exact) mass is 535 g/mol. The molecule has 3 aliphatic rings. The molecule has 0 bridgehead atoms. The first-order valence-corrected chi connectivity index (χ1v) is 13.9. The van der Waals surface area contributed by atoms with Gasteiger partial charge in [0.2, 0.25) is 5.91 Å². The van der Waals surface area contributed by atoms with Gasteiger partial charge in [-0.25, -0.2) is 0 Å². The second-order valence-electron chi connectivity index (χ2n) is 10.7. The Hall–Kier alpha value is -4.46. The number of rotatable bonds is 5. The van der Waals surface area contributed by atoms with E-state index < -0.39 is 0 Å². The van der Waals surface area contributed by atoms with Crippen LogP contribution in [0.2, 0.25) is 0 Å². The highest BCUT2D eigenvalue weighted by Gasteiger charge is 2.30. The van der Waals surface area contributed by atoms with E-state index in [0.29, 0.717) is 24.2 Å². The van der Waals surface area contributed by atoms with Crippen molar-refractivity contribution >= 4 is 29.2 Å². The van der Waals surface area contributed by atoms with Crippen molar-refractivity contribution in [3.05, 3.63) is 100 Å². The number of benzene rings is 3. The molecule has 8 heteroatoms. The van der Waals surface area contributed by atoms with Crippen molar-refractivity contribution in [1.82, 2.24) is 15.1 Å². The highest BCUT2D eigenvalue weighted by atomic mass is 16.2. The Morgan fingerprint density at radius 1 is 0.850 bits per heavy atom. The minimum Gasteiger partial charge on any atom is -0.368 e. The van der Waals surface area contributed by atoms with Crippen molar-refractivity contribution < 1.29 is 14.4 Å². The Labute approximate surface area is 234 Å². The van der Waals surface area contributed by atoms with Crippen molar-refractivity contribution in [1.29, 1.82) is 0 Å². The number of carbonyl (C=O) groups excluding carboxylic acids is 3. The third kappa shape index (κ3) is 5.21. The van der Waals surface area contributed by atoms with Crippen molar-refractivity contribution in [2.45, 2.75) is 32.9 Å². The molecule has 8 nitrogen and oxygen atoms in total. The number of hydrogen-bond donors (Lipinski definition) is 1. The van der Waals surface area contributed by atoms with Gasteiger partial charge < -0.3 is 20.0 Å². The first kappa shape index (κ1) is 25.8. The second kappa shape index (κ2) is 11.0. The fourth-order valence-electron chi connectivity index (χ4n) is 5.57. The van der Waals surface area contributed by atoms with Crippen molar-refractivity contribution in [2.75, 3.05) is 37.6 Å². The summed E-state index contributed by atoms with van der Waals surface area (Å²) in [4.78, 5) is 49.9. The summed E-state index contributed by atoms with van der Waals surface area (Å²) < 4.78 is 0. The minimum atomic E-state index is -0.170. The fourth-order valence-corrected chi connectivity index (χ4v) is 5.57. The number of amidine groups is 1. The third-order valence-electron chi connectivity index (χ3n) is 7.83. The van der Waals surface area contributed by atoms with Gasteiger partial charge in [-0.1, -0.05) is 42.0 Å². The lowest BCUT2D eigenvalue weighted by Crippen LogP contribution is -2.39. The Morgan fingerprint density at radius 2 is 1.52 bits per heavy atom. The summed E-state index contributed by atoms with van der Waals surface area (Å²) in [5.74, 6) is 0.545. The number of anilines is 1. The zero-order chi connectivity index (χ0) is 27.6. The number of fused-ring (bicyclic) bond motifs is 1. The van der Waals surface area contributed by atoms with Crippen LogP contribution in [0, 0.1) is 6.92 Å². The molecule has 0 spiro atoms. The van der Waals surface area contributed by atoms with Gasteiger partial charge >= 0.3 is 0 Å². The number of likely N-dealkylation sites (tertiary alicyclic amines) is 1. The molecule has 1 fully saturated rings. The molecule has 0 atom stereocenters. The van der Waals surface area contributed by atoms with E-state index in [9.17, 15) is 14.4 Å². The van der Waals surface area contributed by atoms with Crippen LogP contribution in [0.25, 0.3) is 0 Å². The zero-order valence-electron chi connectivity index (χ0n) is 22.7. The van der Waals surface area contributed by atoms with E-state index in [4.69, 9.17) is 0 Å². The quantitative estimate of drug-likeness (QED) is 0.539. The van der Waals surface area contributed by atoms with Crippen molar-refractivity contribution in [3.63, 3.8) is 0 Å². The van der Waals surface area contributed by atoms with Gasteiger partial charge in [-0.05, 0) is 61.2 Å². The van der Waals surface area contributed by atoms with E-state index in [1.807, 2.05) is 78.6 Å². The molecule has 1 saturated heterocycles. The first-order valence-electron chi connectivity index (χ1n) is 13.9. The minimum absolute atomic E-state index is 0.0263. The van der Waals surface area contributed by atoms with E-state index in [0.717, 1.165) is 72.8 Å². The molecule has 1 N–H and O–H groups in total. The summed E-state index contributed by atoms with van der Waals surface area (Å²) in [6.07, 6.45) is 2.10. The van der Waals surface area contributed by atoms with E-state index >= 15 is 0 Å². The van der Waals surface area contributed by atoms with E-state index in [-0.39, 0.29) is 24.3 Å². The summed E-state index contributed by atoms with van der Waals surface area (Å²) >= 11 is 0. The molecule has 204 valence electrons. The molecular formula is C32H33N5O3. The Balaban J connectivity index is 1.30. The van der Waals surface area contributed by atoms with Crippen LogP contribution in [0.5, 0.6) is 0 Å². The molecule has 3 amide bonds. The normalized spacial score (nSPS) is 16.9. The summed E-state index contributed by atoms with van der Waals surface area (Å²) in [5, 5.41) is 3.31. The summed E-state index contributed by atoms with van der Waals surface area (Å²) in [7, 11) is 0. The average Bonchev–Trinajstić information content (AvgIpc) is 3.69. The van der Waals surface area contributed by atoms with Crippen LogP contribution in [-0.2, 0) is 17.9 Å². The maximum Gasteiger partial charge on any atom is 0.254 e. The number of nitrogens with zero attached hydrogens (tertiary/aromatic N) is 4. The van der Waals surface area contributed by atoms with Gasteiger partial charge in [0.15, 0.2) is 0 Å². The number of carbonyl (C=O) groups is 3. The second-order valence-corrected chi connectivity index (χ2v) is 10.7. The number of hydrogen-bond acceptors (Lipinski definition) is 5. The third-order valence-corrected chi connectivity index (χ3v) is 7.83. The lowest BCUT2D eigenvalue weighted by molar-refractivity contribution is -0.119. The molecule has 3 aliphatic heterocycles. The summed E-state index contributed by atoms with van der Waals surface area (Å²) in [5.41, 5.74) is 5.80. The SMILES string of the molecule is Cc1ccc(C(=O)N2CC(=O)N(Cc3ccc(C(=O)N4CCCC4)cc3)c3cc(C4=NCCN4)ccc3C2)cc1. The lowest BCUT2D eigenvalue weighted by Gasteiger charge is -2.24. The van der Waals surface area contributed by atoms with Crippen molar-refractivity contribution in [2.24, 2.45) is 4.99 Å². The van der Waals surface area contributed by atoms with Crippen LogP contribution < -0.4 is 10.2 Å². The van der Waals surface area contributed by atoms with Crippen LogP contribution in [0.15, 0.2) is 71.7 Å². The highest BCUT2D eigenvalue weighted by molar-refractivity contribution is 6.04. The number of aryl methyl sites for hydroxylation is 1. The van der Waals surface area contributed by atoms with Crippen LogP contribution in [0.4, 0.5) is 5.69 Å². The predicted octanol–water partition coefficient (Wildman–Crippen LogP) is 3.77. The molecule has 0 saturated carbocycles. The van der Waals surface area contributed by atoms with Gasteiger partial charge in [0.25, 0.3) is 11.8 Å². The summed E-state index contributed by atoms with van der Waals surface area (Å²) in [6.45, 7) is 5.73. The van der Waals surface area contributed by atoms with Crippen molar-refractivity contribution in [3.8, 4) is 0 Å². The zero-order valence-corrected chi connectivity index (χ0v) is 22.7. The van der Waals surface area contributed by atoms with Gasteiger partial charge in [0, 0.05) is 48.6 Å². The highest BCUT2D eigenvalue weighted by Crippen LogP contribution is 2.30. The molecule has 0 unspecified atom stereocenters. The smallest absolute Gasteiger partial charge is 0.254 e. The maximum absolute atomic E-state index is 13.8. The molecule has 0 aromatic heterocycles. The molecular weight excluding hydrogens is 502 g/mol. The van der Waals surface area contributed by atoms with Crippen LogP contribution in [0.3, 0.4) is 0 Å². The molecule has 6 rings (SSSR count). The lowest BCUT2D eigenvalue weighted by atomic mass is 10.1. The van der Waals surface area contributed by atoms with E-state index in [1.165, 1.54) is 0 Å². The molecule has 3 heterocycles. The average molecular weight is 536 g/mol. The van der Waals surface area contributed by atoms with Gasteiger partial charge in [-0.3, -0.25) is 19.4 Å². The first-order chi connectivity index (χ1) is 19.5. The maximum atomic E-state index is 13.8. The van der Waals surface area contributed by atoms with E-state index in [2.05, 4.69) is 10.3 Å². The molecule has 3 aromatic rings. The Kier molecular flexibility index (Phi) is 7.07. The van der Waals surface area contributed by atoms with Crippen LogP contribution in [0.1, 0.15) is 55.8 Å². The van der Waals surface area contributed by atoms with Gasteiger partial charge in [0.1, 0.15) is 12.4 Å². The largest absolute Gasteiger partial charge is 0.368 e. The molecule has 3 aromatic carbocycles. The fraction of sp³-hybridized carbons (Fsp3) is 0.312. The predicted molar refractivity (Wildman–Crippen MR) is 155 cm³/mol. The van der Waals surface area contributed by atoms with E-state index in [1.54, 1.807) is 9.80 Å². The number of aliphatic imine (C=N–C) groups is 1. The Morgan fingerprint density at radius 3 is 2.20 bits per heavy atom. The number of amides is 3. The summed E-state index contributed by atoms with van der Waals surface area (Å²) in [6, 6.07) is 21.0. The molecule has 0 aliphatic carbocycles. The molecule has 0 radical (unpaired) electrons.